The van der Waals surface area contributed by atoms with Gasteiger partial charge in [0.1, 0.15) is 0 Å². The van der Waals surface area contributed by atoms with Gasteiger partial charge in [-0.15, -0.1) is 0 Å². The Kier molecular flexibility index (Phi) is 6.54. The summed E-state index contributed by atoms with van der Waals surface area (Å²) in [7, 11) is -7.49. The van der Waals surface area contributed by atoms with Crippen LogP contribution in [0.5, 0.6) is 0 Å². The zero-order chi connectivity index (χ0) is 26.4. The van der Waals surface area contributed by atoms with E-state index in [4.69, 9.17) is 0 Å². The van der Waals surface area contributed by atoms with Gasteiger partial charge in [0, 0.05) is 22.9 Å². The molecular formula is C26H46N2O6S2. The minimum atomic E-state index is -3.75. The van der Waals surface area contributed by atoms with Crippen LogP contribution < -0.4 is 9.44 Å². The van der Waals surface area contributed by atoms with Crippen LogP contribution >= 0.6 is 0 Å². The van der Waals surface area contributed by atoms with E-state index in [9.17, 15) is 27.0 Å². The molecule has 0 aliphatic heterocycles. The van der Waals surface area contributed by atoms with E-state index in [1.54, 1.807) is 0 Å². The third-order valence-corrected chi connectivity index (χ3v) is 15.2. The normalized spacial score (nSPS) is 45.4. The highest BCUT2D eigenvalue weighted by Crippen LogP contribution is 2.67. The van der Waals surface area contributed by atoms with Gasteiger partial charge in [-0.25, -0.2) is 26.3 Å². The fourth-order valence-electron chi connectivity index (χ4n) is 9.39. The molecule has 8 atom stereocenters. The largest absolute Gasteiger partial charge is 0.392 e. The van der Waals surface area contributed by atoms with Gasteiger partial charge in [0.2, 0.25) is 20.0 Å². The highest BCUT2D eigenvalue weighted by atomic mass is 32.2. The van der Waals surface area contributed by atoms with Gasteiger partial charge in [-0.1, -0.05) is 40.5 Å². The minimum Gasteiger partial charge on any atom is -0.392 e. The van der Waals surface area contributed by atoms with Crippen LogP contribution in [0.1, 0.15) is 91.9 Å². The summed E-state index contributed by atoms with van der Waals surface area (Å²) in [6.07, 6.45) is 6.17. The second-order valence-electron chi connectivity index (χ2n) is 14.0. The monoisotopic (exact) mass is 546 g/mol. The summed E-state index contributed by atoms with van der Waals surface area (Å²) in [5.74, 6) is 0.431. The van der Waals surface area contributed by atoms with Crippen LogP contribution in [0.4, 0.5) is 0 Å². The van der Waals surface area contributed by atoms with Crippen LogP contribution in [0.2, 0.25) is 0 Å². The molecular weight excluding hydrogens is 500 g/mol. The summed E-state index contributed by atoms with van der Waals surface area (Å²) in [5.41, 5.74) is -1.81. The molecule has 5 fully saturated rings. The zero-order valence-electron chi connectivity index (χ0n) is 22.3. The molecule has 0 radical (unpaired) electrons. The highest BCUT2D eigenvalue weighted by molar-refractivity contribution is 7.89. The van der Waals surface area contributed by atoms with Crippen LogP contribution in [-0.2, 0) is 20.0 Å². The lowest BCUT2D eigenvalue weighted by atomic mass is 9.70. The second-order valence-corrected chi connectivity index (χ2v) is 17.5. The quantitative estimate of drug-likeness (QED) is 0.370. The third kappa shape index (κ3) is 4.03. The number of aliphatic hydroxyl groups excluding tert-OH is 2. The molecule has 0 heterocycles. The second kappa shape index (κ2) is 8.62. The topological polar surface area (TPSA) is 133 Å². The Morgan fingerprint density at radius 3 is 1.31 bits per heavy atom. The molecule has 4 N–H and O–H groups in total. The van der Waals surface area contributed by atoms with Crippen molar-refractivity contribution in [2.75, 3.05) is 11.5 Å². The van der Waals surface area contributed by atoms with Gasteiger partial charge < -0.3 is 10.2 Å². The number of hydrogen-bond donors (Lipinski definition) is 4. The van der Waals surface area contributed by atoms with E-state index in [1.807, 2.05) is 0 Å². The molecule has 0 amide bonds. The molecule has 5 rings (SSSR count). The van der Waals surface area contributed by atoms with Crippen molar-refractivity contribution in [3.63, 3.8) is 0 Å². The van der Waals surface area contributed by atoms with E-state index < -0.39 is 55.2 Å². The first-order valence-electron chi connectivity index (χ1n) is 13.9. The van der Waals surface area contributed by atoms with Gasteiger partial charge in [0.05, 0.1) is 23.7 Å². The minimum absolute atomic E-state index is 0.120. The summed E-state index contributed by atoms with van der Waals surface area (Å²) < 4.78 is 59.6. The fourth-order valence-corrected chi connectivity index (χ4v) is 13.8. The van der Waals surface area contributed by atoms with Crippen LogP contribution in [0.15, 0.2) is 0 Å². The third-order valence-electron chi connectivity index (χ3n) is 12.1. The van der Waals surface area contributed by atoms with E-state index in [0.717, 1.165) is 25.7 Å². The van der Waals surface area contributed by atoms with Crippen molar-refractivity contribution in [3.05, 3.63) is 0 Å². The summed E-state index contributed by atoms with van der Waals surface area (Å²) >= 11 is 0. The first kappa shape index (κ1) is 27.3. The van der Waals surface area contributed by atoms with E-state index in [-0.39, 0.29) is 22.3 Å². The van der Waals surface area contributed by atoms with E-state index in [0.29, 0.717) is 50.4 Å². The van der Waals surface area contributed by atoms with Crippen molar-refractivity contribution in [3.8, 4) is 0 Å². The molecule has 5 aliphatic carbocycles. The van der Waals surface area contributed by atoms with Crippen molar-refractivity contribution < 1.29 is 27.0 Å². The Bertz CT molecular complexity index is 1000. The lowest BCUT2D eigenvalue weighted by Gasteiger charge is -2.42. The summed E-state index contributed by atoms with van der Waals surface area (Å²) in [6.45, 7) is 8.33. The predicted molar refractivity (Wildman–Crippen MR) is 139 cm³/mol. The van der Waals surface area contributed by atoms with Gasteiger partial charge >= 0.3 is 0 Å². The molecule has 5 saturated carbocycles. The Hall–Kier alpha value is -0.260. The van der Waals surface area contributed by atoms with Crippen LogP contribution in [0, 0.1) is 33.5 Å². The lowest BCUT2D eigenvalue weighted by molar-refractivity contribution is 0.0148. The summed E-state index contributed by atoms with van der Waals surface area (Å²) in [4.78, 5) is 0. The maximum atomic E-state index is 13.5. The molecule has 8 nitrogen and oxygen atoms in total. The molecule has 36 heavy (non-hydrogen) atoms. The molecule has 5 aliphatic rings. The van der Waals surface area contributed by atoms with Gasteiger partial charge in [-0.05, 0) is 74.0 Å². The number of nitrogens with one attached hydrogen (secondary N) is 2. The van der Waals surface area contributed by atoms with E-state index in [2.05, 4.69) is 37.1 Å². The van der Waals surface area contributed by atoms with Crippen LogP contribution in [-0.4, -0.2) is 62.8 Å². The SMILES string of the molecule is CC1(C)[C@H]2CC[C@@]1(CS(=O)(=O)N[C@H]1CCCC[C@@H]1NS(=O)(=O)C[C@@]13CC[C@@H](C[C@@H]1O)C3(C)C)[C@H](O)C2. The maximum Gasteiger partial charge on any atom is 0.212 e. The number of fused-ring (bicyclic) bond motifs is 4. The predicted octanol–water partition coefficient (Wildman–Crippen LogP) is 2.51. The number of rotatable bonds is 8. The van der Waals surface area contributed by atoms with E-state index >= 15 is 0 Å². The van der Waals surface area contributed by atoms with Crippen LogP contribution in [0.3, 0.4) is 0 Å². The lowest BCUT2D eigenvalue weighted by Crippen LogP contribution is -2.57. The van der Waals surface area contributed by atoms with Gasteiger partial charge in [0.25, 0.3) is 0 Å². The van der Waals surface area contributed by atoms with Crippen molar-refractivity contribution in [2.24, 2.45) is 33.5 Å². The molecule has 0 aromatic heterocycles. The maximum absolute atomic E-state index is 13.5. The molecule has 208 valence electrons. The number of aliphatic hydroxyl groups is 2. The van der Waals surface area contributed by atoms with Gasteiger partial charge in [0.15, 0.2) is 0 Å². The molecule has 0 spiro atoms. The number of sulfonamides is 2. The smallest absolute Gasteiger partial charge is 0.212 e. The molecule has 0 aromatic rings. The molecule has 10 heteroatoms. The summed E-state index contributed by atoms with van der Waals surface area (Å²) in [5, 5.41) is 21.7. The zero-order valence-corrected chi connectivity index (χ0v) is 23.9. The van der Waals surface area contributed by atoms with Crippen molar-refractivity contribution in [1.82, 2.24) is 9.44 Å². The molecule has 0 saturated heterocycles. The Balaban J connectivity index is 1.30. The van der Waals surface area contributed by atoms with Crippen molar-refractivity contribution in [1.29, 1.82) is 0 Å². The van der Waals surface area contributed by atoms with Gasteiger partial charge in [-0.3, -0.25) is 0 Å². The fraction of sp³-hybridized carbons (Fsp3) is 1.00. The first-order chi connectivity index (χ1) is 16.6. The summed E-state index contributed by atoms with van der Waals surface area (Å²) in [6, 6.07) is -1.02. The molecule has 0 aromatic carbocycles. The first-order valence-corrected chi connectivity index (χ1v) is 17.2. The molecule has 4 bridgehead atoms. The average Bonchev–Trinajstić information content (AvgIpc) is 3.27. The highest BCUT2D eigenvalue weighted by Gasteiger charge is 2.66. The number of hydrogen-bond acceptors (Lipinski definition) is 6. The Morgan fingerprint density at radius 1 is 0.667 bits per heavy atom. The van der Waals surface area contributed by atoms with E-state index in [1.165, 1.54) is 0 Å². The average molecular weight is 547 g/mol. The van der Waals surface area contributed by atoms with Crippen molar-refractivity contribution >= 4 is 20.0 Å². The van der Waals surface area contributed by atoms with Gasteiger partial charge in [-0.2, -0.15) is 0 Å². The molecule has 0 unspecified atom stereocenters. The van der Waals surface area contributed by atoms with Crippen LogP contribution in [0.25, 0.3) is 0 Å². The Morgan fingerprint density at radius 2 is 1.03 bits per heavy atom. The van der Waals surface area contributed by atoms with Crippen molar-refractivity contribution in [2.45, 2.75) is 116 Å². The Labute approximate surface area is 217 Å². The standard InChI is InChI=1S/C26H46N2O6S2/c1-23(2)17-9-11-25(23,21(29)13-17)15-35(31,32)27-19-7-5-6-8-20(19)28-36(33,34)16-26-12-10-18(14-22(26)30)24(26,3)4/h17-22,27-30H,5-16H2,1-4H3/t17-,18-,19-,20-,21-,22+,25-,26+/m0/s1.